The maximum Gasteiger partial charge on any atom is 0.303 e. The standard InChI is InChI=1S/C8H12O.C5H10O2/c9-5-8-4-6-1-2-7(8)3-6;1-2-3-4-5(6)7/h1-2,6-9H,3-5H2;2-4H2,1H3,(H,6,7). The van der Waals surface area contributed by atoms with Crippen LogP contribution in [0.1, 0.15) is 39.0 Å². The molecule has 2 aliphatic rings. The summed E-state index contributed by atoms with van der Waals surface area (Å²) < 4.78 is 0. The minimum atomic E-state index is -0.693. The van der Waals surface area contributed by atoms with Gasteiger partial charge in [-0.15, -0.1) is 0 Å². The molecule has 0 radical (unpaired) electrons. The van der Waals surface area contributed by atoms with Crippen LogP contribution < -0.4 is 0 Å². The second-order valence-electron chi connectivity index (χ2n) is 4.72. The van der Waals surface area contributed by atoms with Gasteiger partial charge in [0.25, 0.3) is 0 Å². The van der Waals surface area contributed by atoms with Gasteiger partial charge in [0, 0.05) is 13.0 Å². The normalized spacial score (nSPS) is 30.0. The van der Waals surface area contributed by atoms with Crippen molar-refractivity contribution in [1.29, 1.82) is 0 Å². The summed E-state index contributed by atoms with van der Waals surface area (Å²) in [5.74, 6) is 1.44. The number of allylic oxidation sites excluding steroid dienone is 2. The van der Waals surface area contributed by atoms with E-state index < -0.39 is 5.97 Å². The molecule has 16 heavy (non-hydrogen) atoms. The predicted octanol–water partition coefficient (Wildman–Crippen LogP) is 2.45. The van der Waals surface area contributed by atoms with Crippen LogP contribution in [-0.2, 0) is 4.79 Å². The van der Waals surface area contributed by atoms with Gasteiger partial charge in [0.2, 0.25) is 0 Å². The van der Waals surface area contributed by atoms with E-state index in [-0.39, 0.29) is 0 Å². The van der Waals surface area contributed by atoms with Crippen LogP contribution in [0.25, 0.3) is 0 Å². The molecule has 0 aliphatic heterocycles. The predicted molar refractivity (Wildman–Crippen MR) is 63.1 cm³/mol. The highest BCUT2D eigenvalue weighted by molar-refractivity contribution is 5.66. The van der Waals surface area contributed by atoms with Gasteiger partial charge in [-0.1, -0.05) is 25.5 Å². The van der Waals surface area contributed by atoms with Gasteiger partial charge in [-0.3, -0.25) is 4.79 Å². The molecule has 0 amide bonds. The van der Waals surface area contributed by atoms with Gasteiger partial charge in [-0.05, 0) is 37.0 Å². The maximum atomic E-state index is 9.76. The molecule has 3 heteroatoms. The molecule has 2 N–H and O–H groups in total. The molecular formula is C13H22O3. The number of carbonyl (C=O) groups is 1. The van der Waals surface area contributed by atoms with Crippen LogP contribution >= 0.6 is 0 Å². The summed E-state index contributed by atoms with van der Waals surface area (Å²) in [5, 5.41) is 16.9. The number of aliphatic hydroxyl groups is 1. The average Bonchev–Trinajstić information content (AvgIpc) is 2.88. The first-order chi connectivity index (χ1) is 7.67. The van der Waals surface area contributed by atoms with Crippen LogP contribution in [0.3, 0.4) is 0 Å². The van der Waals surface area contributed by atoms with Crippen LogP contribution in [-0.4, -0.2) is 22.8 Å². The van der Waals surface area contributed by atoms with Gasteiger partial charge < -0.3 is 10.2 Å². The Labute approximate surface area is 97.2 Å². The van der Waals surface area contributed by atoms with E-state index in [1.54, 1.807) is 0 Å². The Balaban J connectivity index is 0.000000168. The molecule has 0 heterocycles. The zero-order chi connectivity index (χ0) is 12.0. The van der Waals surface area contributed by atoms with Crippen LogP contribution in [0.15, 0.2) is 12.2 Å². The number of hydrogen-bond donors (Lipinski definition) is 2. The van der Waals surface area contributed by atoms with Gasteiger partial charge in [0.05, 0.1) is 0 Å². The lowest BCUT2D eigenvalue weighted by molar-refractivity contribution is -0.137. The molecule has 1 fully saturated rings. The lowest BCUT2D eigenvalue weighted by Gasteiger charge is -2.13. The Morgan fingerprint density at radius 2 is 2.12 bits per heavy atom. The van der Waals surface area contributed by atoms with Crippen molar-refractivity contribution in [2.24, 2.45) is 17.8 Å². The van der Waals surface area contributed by atoms with E-state index in [9.17, 15) is 4.79 Å². The third-order valence-corrected chi connectivity index (χ3v) is 3.40. The van der Waals surface area contributed by atoms with Crippen LogP contribution in [0, 0.1) is 17.8 Å². The van der Waals surface area contributed by atoms with Gasteiger partial charge in [-0.25, -0.2) is 0 Å². The Bertz CT molecular complexity index is 248. The number of unbranched alkanes of at least 4 members (excludes halogenated alkanes) is 1. The third-order valence-electron chi connectivity index (χ3n) is 3.40. The average molecular weight is 226 g/mol. The van der Waals surface area contributed by atoms with Crippen molar-refractivity contribution >= 4 is 5.97 Å². The van der Waals surface area contributed by atoms with Crippen LogP contribution in [0.5, 0.6) is 0 Å². The summed E-state index contributed by atoms with van der Waals surface area (Å²) in [5.41, 5.74) is 0. The van der Waals surface area contributed by atoms with E-state index in [0.717, 1.165) is 24.7 Å². The minimum Gasteiger partial charge on any atom is -0.481 e. The van der Waals surface area contributed by atoms with Gasteiger partial charge in [-0.2, -0.15) is 0 Å². The van der Waals surface area contributed by atoms with Crippen molar-refractivity contribution in [3.63, 3.8) is 0 Å². The molecule has 0 aromatic rings. The van der Waals surface area contributed by atoms with Gasteiger partial charge >= 0.3 is 5.97 Å². The van der Waals surface area contributed by atoms with Crippen molar-refractivity contribution in [3.05, 3.63) is 12.2 Å². The molecule has 3 atom stereocenters. The number of aliphatic hydroxyl groups excluding tert-OH is 1. The van der Waals surface area contributed by atoms with Crippen molar-refractivity contribution in [1.82, 2.24) is 0 Å². The highest BCUT2D eigenvalue weighted by Gasteiger charge is 2.34. The molecule has 0 spiro atoms. The maximum absolute atomic E-state index is 9.76. The number of carboxylic acids is 1. The highest BCUT2D eigenvalue weighted by Crippen LogP contribution is 2.42. The second kappa shape index (κ2) is 6.69. The molecular weight excluding hydrogens is 204 g/mol. The van der Waals surface area contributed by atoms with E-state index in [0.29, 0.717) is 18.9 Å². The fraction of sp³-hybridized carbons (Fsp3) is 0.769. The molecule has 2 aliphatic carbocycles. The fourth-order valence-corrected chi connectivity index (χ4v) is 2.43. The van der Waals surface area contributed by atoms with Gasteiger partial charge in [0.1, 0.15) is 0 Å². The van der Waals surface area contributed by atoms with E-state index in [1.165, 1.54) is 12.8 Å². The highest BCUT2D eigenvalue weighted by atomic mass is 16.4. The van der Waals surface area contributed by atoms with E-state index in [4.69, 9.17) is 10.2 Å². The lowest BCUT2D eigenvalue weighted by atomic mass is 9.95. The van der Waals surface area contributed by atoms with Crippen molar-refractivity contribution in [3.8, 4) is 0 Å². The first-order valence-electron chi connectivity index (χ1n) is 6.18. The molecule has 3 unspecified atom stereocenters. The number of carboxylic acid groups (broad SMARTS) is 1. The molecule has 92 valence electrons. The molecule has 0 aromatic heterocycles. The largest absolute Gasteiger partial charge is 0.481 e. The first kappa shape index (κ1) is 13.2. The van der Waals surface area contributed by atoms with Crippen molar-refractivity contribution in [2.45, 2.75) is 39.0 Å². The fourth-order valence-electron chi connectivity index (χ4n) is 2.43. The third kappa shape index (κ3) is 3.97. The minimum absolute atomic E-state index is 0.316. The quantitative estimate of drug-likeness (QED) is 0.724. The molecule has 0 saturated heterocycles. The number of fused-ring (bicyclic) bond motifs is 2. The Morgan fingerprint density at radius 1 is 1.38 bits per heavy atom. The molecule has 1 saturated carbocycles. The topological polar surface area (TPSA) is 57.5 Å². The van der Waals surface area contributed by atoms with Crippen LogP contribution in [0.4, 0.5) is 0 Å². The van der Waals surface area contributed by atoms with Gasteiger partial charge in [0.15, 0.2) is 0 Å². The Kier molecular flexibility index (Phi) is 5.53. The summed E-state index contributed by atoms with van der Waals surface area (Å²) in [6.45, 7) is 2.37. The smallest absolute Gasteiger partial charge is 0.303 e. The van der Waals surface area contributed by atoms with Crippen molar-refractivity contribution < 1.29 is 15.0 Å². The summed E-state index contributed by atoms with van der Waals surface area (Å²) in [6, 6.07) is 0. The van der Waals surface area contributed by atoms with Crippen molar-refractivity contribution in [2.75, 3.05) is 6.61 Å². The number of aliphatic carboxylic acids is 1. The molecule has 3 nitrogen and oxygen atoms in total. The second-order valence-corrected chi connectivity index (χ2v) is 4.72. The number of rotatable bonds is 4. The zero-order valence-electron chi connectivity index (χ0n) is 9.93. The summed E-state index contributed by atoms with van der Waals surface area (Å²) in [7, 11) is 0. The number of hydrogen-bond acceptors (Lipinski definition) is 2. The summed E-state index contributed by atoms with van der Waals surface area (Å²) >= 11 is 0. The zero-order valence-corrected chi connectivity index (χ0v) is 9.93. The first-order valence-corrected chi connectivity index (χ1v) is 6.18. The summed E-state index contributed by atoms with van der Waals surface area (Å²) in [4.78, 5) is 9.76. The Morgan fingerprint density at radius 3 is 2.38 bits per heavy atom. The SMILES string of the molecule is CCCCC(=O)O.OCC1CC2C=CC1C2. The van der Waals surface area contributed by atoms with E-state index in [2.05, 4.69) is 12.2 Å². The molecule has 2 bridgehead atoms. The summed E-state index contributed by atoms with van der Waals surface area (Å²) in [6.07, 6.45) is 9.20. The van der Waals surface area contributed by atoms with E-state index >= 15 is 0 Å². The van der Waals surface area contributed by atoms with Crippen LogP contribution in [0.2, 0.25) is 0 Å². The Hall–Kier alpha value is -0.830. The molecule has 2 rings (SSSR count). The van der Waals surface area contributed by atoms with E-state index in [1.807, 2.05) is 6.92 Å². The lowest BCUT2D eigenvalue weighted by Crippen LogP contribution is -2.10. The molecule has 0 aromatic carbocycles. The monoisotopic (exact) mass is 226 g/mol.